The summed E-state index contributed by atoms with van der Waals surface area (Å²) in [6.45, 7) is 3.78. The van der Waals surface area contributed by atoms with Gasteiger partial charge in [0.15, 0.2) is 5.82 Å². The van der Waals surface area contributed by atoms with E-state index in [4.69, 9.17) is 5.73 Å². The van der Waals surface area contributed by atoms with Crippen LogP contribution in [0.3, 0.4) is 0 Å². The molecule has 3 N–H and O–H groups in total. The van der Waals surface area contributed by atoms with Crippen molar-refractivity contribution < 1.29 is 0 Å². The zero-order chi connectivity index (χ0) is 12.4. The van der Waals surface area contributed by atoms with Gasteiger partial charge in [-0.25, -0.2) is 4.98 Å². The molecule has 2 aromatic rings. The van der Waals surface area contributed by atoms with Crippen molar-refractivity contribution in [3.8, 4) is 11.5 Å². The Morgan fingerprint density at radius 3 is 2.82 bits per heavy atom. The summed E-state index contributed by atoms with van der Waals surface area (Å²) in [6.07, 6.45) is 0.646. The maximum atomic E-state index is 11.8. The van der Waals surface area contributed by atoms with Crippen molar-refractivity contribution in [1.29, 1.82) is 0 Å². The largest absolute Gasteiger partial charge is 0.322 e. The summed E-state index contributed by atoms with van der Waals surface area (Å²) in [7, 11) is 0. The fraction of sp³-hybridized carbons (Fsp3) is 0.400. The number of aromatic nitrogens is 4. The standard InChI is InChI=1S/C10H13N5OS/c1-3-6(11)8-10(16)13-9(15-14-8)7-4-17-5(2)12-7/h4,6H,3,11H2,1-2H3,(H,13,15,16). The van der Waals surface area contributed by atoms with Gasteiger partial charge in [-0.1, -0.05) is 6.92 Å². The summed E-state index contributed by atoms with van der Waals surface area (Å²) in [6, 6.07) is -0.377. The van der Waals surface area contributed by atoms with Crippen LogP contribution >= 0.6 is 11.3 Å². The number of aromatic amines is 1. The van der Waals surface area contributed by atoms with E-state index in [1.807, 2.05) is 19.2 Å². The number of thiazole rings is 1. The van der Waals surface area contributed by atoms with Crippen molar-refractivity contribution >= 4 is 11.3 Å². The van der Waals surface area contributed by atoms with Gasteiger partial charge in [-0.15, -0.1) is 21.5 Å². The third-order valence-electron chi connectivity index (χ3n) is 2.37. The molecule has 17 heavy (non-hydrogen) atoms. The molecule has 0 bridgehead atoms. The van der Waals surface area contributed by atoms with Crippen LogP contribution < -0.4 is 11.3 Å². The summed E-state index contributed by atoms with van der Waals surface area (Å²) in [5, 5.41) is 10.6. The Hall–Kier alpha value is -1.60. The second-order valence-electron chi connectivity index (χ2n) is 3.65. The summed E-state index contributed by atoms with van der Waals surface area (Å²) in [5.41, 5.74) is 6.36. The minimum absolute atomic E-state index is 0.267. The second kappa shape index (κ2) is 4.72. The lowest BCUT2D eigenvalue weighted by atomic mass is 10.2. The first-order valence-corrected chi connectivity index (χ1v) is 6.14. The van der Waals surface area contributed by atoms with E-state index >= 15 is 0 Å². The number of hydrogen-bond donors (Lipinski definition) is 2. The second-order valence-corrected chi connectivity index (χ2v) is 4.72. The lowest BCUT2D eigenvalue weighted by molar-refractivity contribution is 0.645. The molecule has 2 rings (SSSR count). The molecule has 0 aliphatic heterocycles. The van der Waals surface area contributed by atoms with Crippen LogP contribution in [0.1, 0.15) is 30.1 Å². The first-order valence-electron chi connectivity index (χ1n) is 5.26. The van der Waals surface area contributed by atoms with E-state index in [0.29, 0.717) is 17.9 Å². The Morgan fingerprint density at radius 2 is 2.29 bits per heavy atom. The van der Waals surface area contributed by atoms with Crippen LogP contribution in [0, 0.1) is 6.92 Å². The molecule has 0 radical (unpaired) electrons. The highest BCUT2D eigenvalue weighted by atomic mass is 32.1. The van der Waals surface area contributed by atoms with E-state index in [1.165, 1.54) is 11.3 Å². The van der Waals surface area contributed by atoms with Crippen molar-refractivity contribution in [2.75, 3.05) is 0 Å². The van der Waals surface area contributed by atoms with Gasteiger partial charge in [-0.2, -0.15) is 0 Å². The lowest BCUT2D eigenvalue weighted by Gasteiger charge is -2.05. The number of H-pyrrole nitrogens is 1. The van der Waals surface area contributed by atoms with Gasteiger partial charge in [0, 0.05) is 5.38 Å². The fourth-order valence-electron chi connectivity index (χ4n) is 1.37. The predicted octanol–water partition coefficient (Wildman–Crippen LogP) is 1.01. The zero-order valence-electron chi connectivity index (χ0n) is 9.60. The molecule has 0 aliphatic rings. The first-order chi connectivity index (χ1) is 8.11. The molecule has 0 aliphatic carbocycles. The summed E-state index contributed by atoms with van der Waals surface area (Å²) in [5.74, 6) is 0.381. The normalized spacial score (nSPS) is 12.6. The van der Waals surface area contributed by atoms with Crippen molar-refractivity contribution in [2.45, 2.75) is 26.3 Å². The van der Waals surface area contributed by atoms with E-state index in [2.05, 4.69) is 20.2 Å². The molecule has 0 saturated heterocycles. The monoisotopic (exact) mass is 251 g/mol. The van der Waals surface area contributed by atoms with Crippen LogP contribution in [0.2, 0.25) is 0 Å². The first kappa shape index (κ1) is 11.9. The third kappa shape index (κ3) is 2.40. The van der Waals surface area contributed by atoms with Crippen LogP contribution in [-0.4, -0.2) is 20.2 Å². The molecule has 1 unspecified atom stereocenters. The molecule has 0 spiro atoms. The fourth-order valence-corrected chi connectivity index (χ4v) is 1.97. The van der Waals surface area contributed by atoms with Crippen molar-refractivity contribution in [3.05, 3.63) is 26.4 Å². The molecule has 2 heterocycles. The van der Waals surface area contributed by atoms with Gasteiger partial charge in [-0.05, 0) is 13.3 Å². The molecule has 0 aromatic carbocycles. The van der Waals surface area contributed by atoms with E-state index in [9.17, 15) is 4.79 Å². The smallest absolute Gasteiger partial charge is 0.274 e. The molecule has 0 saturated carbocycles. The van der Waals surface area contributed by atoms with Crippen LogP contribution in [-0.2, 0) is 0 Å². The van der Waals surface area contributed by atoms with E-state index < -0.39 is 0 Å². The summed E-state index contributed by atoms with van der Waals surface area (Å²) in [4.78, 5) is 18.6. The van der Waals surface area contributed by atoms with Crippen LogP contribution in [0.4, 0.5) is 0 Å². The van der Waals surface area contributed by atoms with E-state index in [-0.39, 0.29) is 17.3 Å². The van der Waals surface area contributed by atoms with E-state index in [0.717, 1.165) is 5.01 Å². The van der Waals surface area contributed by atoms with Gasteiger partial charge in [-0.3, -0.25) is 4.79 Å². The highest BCUT2D eigenvalue weighted by molar-refractivity contribution is 7.09. The SMILES string of the molecule is CCC(N)c1nnc(-c2csc(C)n2)[nH]c1=O. The molecule has 1 atom stereocenters. The van der Waals surface area contributed by atoms with Crippen molar-refractivity contribution in [1.82, 2.24) is 20.2 Å². The number of nitrogens with two attached hydrogens (primary N) is 1. The molecular weight excluding hydrogens is 238 g/mol. The number of aryl methyl sites for hydroxylation is 1. The van der Waals surface area contributed by atoms with Gasteiger partial charge < -0.3 is 10.7 Å². The van der Waals surface area contributed by atoms with Crippen LogP contribution in [0.25, 0.3) is 11.5 Å². The average Bonchev–Trinajstić information content (AvgIpc) is 2.75. The molecule has 0 amide bonds. The Morgan fingerprint density at radius 1 is 1.53 bits per heavy atom. The van der Waals surface area contributed by atoms with Gasteiger partial charge >= 0.3 is 0 Å². The lowest BCUT2D eigenvalue weighted by Crippen LogP contribution is -2.25. The maximum absolute atomic E-state index is 11.8. The number of rotatable bonds is 3. The number of nitrogens with one attached hydrogen (secondary N) is 1. The Balaban J connectivity index is 2.41. The summed E-state index contributed by atoms with van der Waals surface area (Å²) >= 11 is 1.49. The Bertz CT molecular complexity index is 576. The molecule has 7 heteroatoms. The molecule has 0 fully saturated rings. The van der Waals surface area contributed by atoms with Crippen molar-refractivity contribution in [2.24, 2.45) is 5.73 Å². The highest BCUT2D eigenvalue weighted by Gasteiger charge is 2.13. The predicted molar refractivity (Wildman–Crippen MR) is 65.7 cm³/mol. The average molecular weight is 251 g/mol. The van der Waals surface area contributed by atoms with Gasteiger partial charge in [0.1, 0.15) is 11.4 Å². The Kier molecular flexibility index (Phi) is 3.30. The van der Waals surface area contributed by atoms with Gasteiger partial charge in [0.25, 0.3) is 5.56 Å². The van der Waals surface area contributed by atoms with Gasteiger partial charge in [0.2, 0.25) is 0 Å². The molecule has 6 nitrogen and oxygen atoms in total. The third-order valence-corrected chi connectivity index (χ3v) is 3.15. The number of nitrogens with zero attached hydrogens (tertiary/aromatic N) is 3. The zero-order valence-corrected chi connectivity index (χ0v) is 10.4. The van der Waals surface area contributed by atoms with E-state index in [1.54, 1.807) is 0 Å². The number of hydrogen-bond acceptors (Lipinski definition) is 6. The summed E-state index contributed by atoms with van der Waals surface area (Å²) < 4.78 is 0. The molecule has 2 aromatic heterocycles. The highest BCUT2D eigenvalue weighted by Crippen LogP contribution is 2.16. The quantitative estimate of drug-likeness (QED) is 0.848. The molecular formula is C10H13N5OS. The minimum Gasteiger partial charge on any atom is -0.322 e. The topological polar surface area (TPSA) is 97.5 Å². The van der Waals surface area contributed by atoms with Gasteiger partial charge in [0.05, 0.1) is 11.0 Å². The Labute approximate surface area is 102 Å². The minimum atomic E-state index is -0.377. The van der Waals surface area contributed by atoms with Crippen molar-refractivity contribution in [3.63, 3.8) is 0 Å². The van der Waals surface area contributed by atoms with Crippen LogP contribution in [0.5, 0.6) is 0 Å². The maximum Gasteiger partial charge on any atom is 0.274 e. The molecule has 90 valence electrons. The van der Waals surface area contributed by atoms with Crippen LogP contribution in [0.15, 0.2) is 10.2 Å².